The van der Waals surface area contributed by atoms with Crippen LogP contribution in [0.4, 0.5) is 0 Å². The average molecular weight is 497 g/mol. The number of hydrogen-bond donors (Lipinski definition) is 1. The van der Waals surface area contributed by atoms with E-state index in [1.54, 1.807) is 0 Å². The second kappa shape index (κ2) is 11.0. The fourth-order valence-corrected chi connectivity index (χ4v) is 16.8. The second-order valence-corrected chi connectivity index (χ2v) is 18.7. The third-order valence-corrected chi connectivity index (χ3v) is 19.1. The fraction of sp³-hybridized carbons (Fsp3) is 0.926. The SMILES string of the molecule is C=C1C(COCC2CO2)C[Si]2(O)CC(CC)(O[SiH](CCC)C(C)(CC)CCC)CCC12CC. The zero-order valence-electron chi connectivity index (χ0n) is 22.5. The van der Waals surface area contributed by atoms with Crippen molar-refractivity contribution in [3.8, 4) is 0 Å². The molecule has 33 heavy (non-hydrogen) atoms. The summed E-state index contributed by atoms with van der Waals surface area (Å²) in [5.41, 5.74) is 1.15. The summed E-state index contributed by atoms with van der Waals surface area (Å²) in [6.07, 6.45) is 9.35. The monoisotopic (exact) mass is 496 g/mol. The molecule has 1 N–H and O–H groups in total. The lowest BCUT2D eigenvalue weighted by molar-refractivity contribution is 0.0423. The van der Waals surface area contributed by atoms with Crippen LogP contribution in [0.1, 0.15) is 92.9 Å². The molecule has 0 radical (unpaired) electrons. The van der Waals surface area contributed by atoms with E-state index in [1.165, 1.54) is 37.3 Å². The molecule has 3 saturated heterocycles. The first-order chi connectivity index (χ1) is 15.7. The summed E-state index contributed by atoms with van der Waals surface area (Å²) >= 11 is 0. The van der Waals surface area contributed by atoms with Gasteiger partial charge in [-0.25, -0.2) is 0 Å². The summed E-state index contributed by atoms with van der Waals surface area (Å²) in [6.45, 7) is 20.8. The predicted molar refractivity (Wildman–Crippen MR) is 143 cm³/mol. The van der Waals surface area contributed by atoms with E-state index >= 15 is 0 Å². The van der Waals surface area contributed by atoms with E-state index in [1.807, 2.05) is 0 Å². The van der Waals surface area contributed by atoms with E-state index < -0.39 is 17.4 Å². The van der Waals surface area contributed by atoms with Crippen LogP contribution < -0.4 is 0 Å². The molecule has 3 heterocycles. The van der Waals surface area contributed by atoms with Crippen LogP contribution in [-0.4, -0.2) is 53.7 Å². The van der Waals surface area contributed by atoms with Gasteiger partial charge in [-0.3, -0.25) is 0 Å². The average Bonchev–Trinajstić information content (AvgIpc) is 3.59. The molecule has 3 aliphatic rings. The van der Waals surface area contributed by atoms with Gasteiger partial charge in [-0.2, -0.15) is 0 Å². The van der Waals surface area contributed by atoms with Gasteiger partial charge in [-0.15, -0.1) is 0 Å². The Kier molecular flexibility index (Phi) is 9.16. The minimum absolute atomic E-state index is 0.0571. The molecule has 3 fully saturated rings. The summed E-state index contributed by atoms with van der Waals surface area (Å²) in [4.78, 5) is 12.4. The van der Waals surface area contributed by atoms with Crippen LogP contribution in [0, 0.1) is 5.92 Å². The topological polar surface area (TPSA) is 51.2 Å². The fourth-order valence-electron chi connectivity index (χ4n) is 7.25. The van der Waals surface area contributed by atoms with Gasteiger partial charge in [0, 0.05) is 11.0 Å². The Bertz CT molecular complexity index is 671. The molecule has 4 nitrogen and oxygen atoms in total. The second-order valence-electron chi connectivity index (χ2n) is 11.8. The van der Waals surface area contributed by atoms with Crippen LogP contribution in [0.2, 0.25) is 28.2 Å². The van der Waals surface area contributed by atoms with Crippen molar-refractivity contribution in [3.05, 3.63) is 12.2 Å². The first-order valence-electron chi connectivity index (χ1n) is 14.0. The Labute approximate surface area is 206 Å². The summed E-state index contributed by atoms with van der Waals surface area (Å²) in [6, 6.07) is 3.04. The molecule has 6 heteroatoms. The molecule has 7 unspecified atom stereocenters. The van der Waals surface area contributed by atoms with Crippen molar-refractivity contribution >= 4 is 17.4 Å². The Hall–Kier alpha value is 0.0138. The van der Waals surface area contributed by atoms with Gasteiger partial charge < -0.3 is 18.7 Å². The van der Waals surface area contributed by atoms with Gasteiger partial charge in [-0.05, 0) is 55.3 Å². The minimum Gasteiger partial charge on any atom is -0.431 e. The molecule has 0 amide bonds. The van der Waals surface area contributed by atoms with E-state index in [4.69, 9.17) is 13.9 Å². The summed E-state index contributed by atoms with van der Waals surface area (Å²) < 4.78 is 18.7. The van der Waals surface area contributed by atoms with Crippen molar-refractivity contribution < 1.29 is 18.7 Å². The Morgan fingerprint density at radius 1 is 1.15 bits per heavy atom. The highest BCUT2D eigenvalue weighted by Gasteiger charge is 2.66. The largest absolute Gasteiger partial charge is 0.431 e. The highest BCUT2D eigenvalue weighted by Crippen LogP contribution is 2.67. The lowest BCUT2D eigenvalue weighted by Crippen LogP contribution is -2.58. The lowest BCUT2D eigenvalue weighted by atomic mass is 9.81. The molecular weight excluding hydrogens is 444 g/mol. The molecule has 0 aromatic carbocycles. The van der Waals surface area contributed by atoms with Crippen molar-refractivity contribution in [2.45, 2.75) is 133 Å². The van der Waals surface area contributed by atoms with Crippen molar-refractivity contribution in [3.63, 3.8) is 0 Å². The molecule has 0 spiro atoms. The molecule has 192 valence electrons. The van der Waals surface area contributed by atoms with Gasteiger partial charge in [0.1, 0.15) is 6.10 Å². The molecule has 0 aromatic heterocycles. The number of hydrogen-bond acceptors (Lipinski definition) is 4. The molecule has 0 saturated carbocycles. The van der Waals surface area contributed by atoms with E-state index in [2.05, 4.69) is 48.1 Å². The van der Waals surface area contributed by atoms with E-state index in [-0.39, 0.29) is 16.6 Å². The van der Waals surface area contributed by atoms with Gasteiger partial charge in [0.2, 0.25) is 8.32 Å². The van der Waals surface area contributed by atoms with Gasteiger partial charge in [0.05, 0.1) is 25.4 Å². The van der Waals surface area contributed by atoms with Crippen molar-refractivity contribution in [1.82, 2.24) is 0 Å². The van der Waals surface area contributed by atoms with Crippen molar-refractivity contribution in [2.24, 2.45) is 5.92 Å². The van der Waals surface area contributed by atoms with Gasteiger partial charge in [-0.1, -0.05) is 73.0 Å². The molecule has 0 aliphatic carbocycles. The maximum atomic E-state index is 12.4. The normalized spacial score (nSPS) is 38.7. The smallest absolute Gasteiger partial charge is 0.202 e. The number of fused-ring (bicyclic) bond motifs is 1. The number of epoxide rings is 1. The van der Waals surface area contributed by atoms with Crippen LogP contribution in [0.3, 0.4) is 0 Å². The first kappa shape index (κ1) is 27.6. The molecule has 0 bridgehead atoms. The third-order valence-electron chi connectivity index (χ3n) is 9.83. The third kappa shape index (κ3) is 5.41. The predicted octanol–water partition coefficient (Wildman–Crippen LogP) is 6.74. The van der Waals surface area contributed by atoms with E-state index in [0.29, 0.717) is 24.4 Å². The van der Waals surface area contributed by atoms with Crippen LogP contribution in [0.25, 0.3) is 0 Å². The van der Waals surface area contributed by atoms with E-state index in [9.17, 15) is 4.80 Å². The Morgan fingerprint density at radius 3 is 2.42 bits per heavy atom. The molecule has 3 aliphatic heterocycles. The minimum atomic E-state index is -2.59. The zero-order valence-corrected chi connectivity index (χ0v) is 24.7. The Morgan fingerprint density at radius 2 is 1.88 bits per heavy atom. The molecule has 3 rings (SSSR count). The van der Waals surface area contributed by atoms with Gasteiger partial charge in [0.25, 0.3) is 0 Å². The molecule has 7 atom stereocenters. The zero-order chi connectivity index (χ0) is 24.3. The standard InChI is InChI=1S/C27H52O4Si2/c1-8-13-25(7,10-3)32(16-9-2)31-26(11-4)14-15-27(12-5)22(6)23(20-33(27,28)21-26)17-29-18-24-19-30-24/h23-24,28,32H,6,8-21H2,1-5,7H3. The maximum absolute atomic E-state index is 12.4. The van der Waals surface area contributed by atoms with Crippen molar-refractivity contribution in [1.29, 1.82) is 0 Å². The van der Waals surface area contributed by atoms with Crippen LogP contribution >= 0.6 is 0 Å². The lowest BCUT2D eigenvalue weighted by Gasteiger charge is -2.54. The van der Waals surface area contributed by atoms with Gasteiger partial charge in [0.15, 0.2) is 9.04 Å². The van der Waals surface area contributed by atoms with Crippen LogP contribution in [0.5, 0.6) is 0 Å². The summed E-state index contributed by atoms with van der Waals surface area (Å²) in [5.74, 6) is 0.290. The number of ether oxygens (including phenoxy) is 2. The Balaban J connectivity index is 1.80. The van der Waals surface area contributed by atoms with Crippen LogP contribution in [0.15, 0.2) is 12.2 Å². The maximum Gasteiger partial charge on any atom is 0.202 e. The highest BCUT2D eigenvalue weighted by molar-refractivity contribution is 6.78. The first-order valence-corrected chi connectivity index (χ1v) is 18.2. The molecule has 0 aromatic rings. The van der Waals surface area contributed by atoms with E-state index in [0.717, 1.165) is 44.4 Å². The summed E-state index contributed by atoms with van der Waals surface area (Å²) in [7, 11) is -4.03. The molecular formula is C27H52O4Si2. The summed E-state index contributed by atoms with van der Waals surface area (Å²) in [5, 5.41) is 0.287. The number of rotatable bonds is 14. The van der Waals surface area contributed by atoms with Crippen molar-refractivity contribution in [2.75, 3.05) is 19.8 Å². The quantitative estimate of drug-likeness (QED) is 0.164. The highest BCUT2D eigenvalue weighted by atomic mass is 28.4. The van der Waals surface area contributed by atoms with Gasteiger partial charge >= 0.3 is 0 Å². The van der Waals surface area contributed by atoms with Crippen LogP contribution in [-0.2, 0) is 13.9 Å².